The minimum atomic E-state index is 0.365. The van der Waals surface area contributed by atoms with Gasteiger partial charge in [0.1, 0.15) is 5.75 Å². The van der Waals surface area contributed by atoms with Crippen molar-refractivity contribution in [1.82, 2.24) is 0 Å². The molecule has 0 spiro atoms. The minimum absolute atomic E-state index is 0.365. The van der Waals surface area contributed by atoms with Gasteiger partial charge in [-0.05, 0) is 55.5 Å². The minimum Gasteiger partial charge on any atom is -0.508 e. The van der Waals surface area contributed by atoms with Gasteiger partial charge in [0.2, 0.25) is 0 Å². The van der Waals surface area contributed by atoms with Crippen LogP contribution in [0.5, 0.6) is 5.75 Å². The maximum Gasteiger partial charge on any atom is 0.118 e. The summed E-state index contributed by atoms with van der Waals surface area (Å²) in [6.45, 7) is 6.15. The van der Waals surface area contributed by atoms with E-state index in [1.807, 2.05) is 32.0 Å². The molecule has 0 bridgehead atoms. The summed E-state index contributed by atoms with van der Waals surface area (Å²) >= 11 is 0. The van der Waals surface area contributed by atoms with E-state index in [0.717, 1.165) is 29.7 Å². The summed E-state index contributed by atoms with van der Waals surface area (Å²) in [4.78, 5) is 0. The molecule has 2 aromatic carbocycles. The topological polar surface area (TPSA) is 32.3 Å². The SMILES string of the molecule is CCC(Cc1ccccc1)Nc1cc(C)c(O)cc1C. The van der Waals surface area contributed by atoms with Crippen molar-refractivity contribution in [2.24, 2.45) is 0 Å². The van der Waals surface area contributed by atoms with Crippen LogP contribution in [0.1, 0.15) is 30.0 Å². The van der Waals surface area contributed by atoms with Crippen LogP contribution in [0, 0.1) is 13.8 Å². The zero-order valence-corrected chi connectivity index (χ0v) is 12.5. The lowest BCUT2D eigenvalue weighted by molar-refractivity contribution is 0.470. The van der Waals surface area contributed by atoms with Crippen LogP contribution in [0.25, 0.3) is 0 Å². The monoisotopic (exact) mass is 269 g/mol. The Morgan fingerprint density at radius 1 is 1.05 bits per heavy atom. The first-order valence-corrected chi connectivity index (χ1v) is 7.20. The number of rotatable bonds is 5. The van der Waals surface area contributed by atoms with Gasteiger partial charge in [0.25, 0.3) is 0 Å². The highest BCUT2D eigenvalue weighted by Gasteiger charge is 2.10. The van der Waals surface area contributed by atoms with Gasteiger partial charge in [0.15, 0.2) is 0 Å². The van der Waals surface area contributed by atoms with E-state index in [9.17, 15) is 5.11 Å². The van der Waals surface area contributed by atoms with Crippen LogP contribution < -0.4 is 5.32 Å². The zero-order chi connectivity index (χ0) is 14.5. The molecule has 106 valence electrons. The lowest BCUT2D eigenvalue weighted by Gasteiger charge is -2.20. The fourth-order valence-corrected chi connectivity index (χ4v) is 2.37. The molecular formula is C18H23NO. The largest absolute Gasteiger partial charge is 0.508 e. The summed E-state index contributed by atoms with van der Waals surface area (Å²) in [7, 11) is 0. The second kappa shape index (κ2) is 6.47. The molecule has 0 aromatic heterocycles. The Morgan fingerprint density at radius 3 is 2.40 bits per heavy atom. The average molecular weight is 269 g/mol. The standard InChI is InChI=1S/C18H23NO/c1-4-16(12-15-8-6-5-7-9-15)19-17-10-14(3)18(20)11-13(17)2/h5-11,16,19-20H,4,12H2,1-3H3. The Kier molecular flexibility index (Phi) is 4.67. The van der Waals surface area contributed by atoms with E-state index >= 15 is 0 Å². The van der Waals surface area contributed by atoms with E-state index in [-0.39, 0.29) is 0 Å². The second-order valence-electron chi connectivity index (χ2n) is 5.39. The van der Waals surface area contributed by atoms with Crippen LogP contribution in [-0.2, 0) is 6.42 Å². The summed E-state index contributed by atoms with van der Waals surface area (Å²) < 4.78 is 0. The molecule has 0 saturated carbocycles. The fraction of sp³-hybridized carbons (Fsp3) is 0.333. The summed E-state index contributed by atoms with van der Waals surface area (Å²) in [6.07, 6.45) is 2.07. The summed E-state index contributed by atoms with van der Waals surface area (Å²) in [5.41, 5.74) is 4.45. The molecule has 0 aliphatic heterocycles. The first-order chi connectivity index (χ1) is 9.60. The molecule has 2 rings (SSSR count). The van der Waals surface area contributed by atoms with Gasteiger partial charge < -0.3 is 10.4 Å². The summed E-state index contributed by atoms with van der Waals surface area (Å²) in [5, 5.41) is 13.3. The molecule has 1 unspecified atom stereocenters. The first kappa shape index (κ1) is 14.4. The van der Waals surface area contributed by atoms with Gasteiger partial charge in [-0.25, -0.2) is 0 Å². The molecule has 2 nitrogen and oxygen atoms in total. The third-order valence-electron chi connectivity index (χ3n) is 3.72. The number of aryl methyl sites for hydroxylation is 2. The fourth-order valence-electron chi connectivity index (χ4n) is 2.37. The molecule has 0 fully saturated rings. The van der Waals surface area contributed by atoms with Crippen LogP contribution in [0.4, 0.5) is 5.69 Å². The Labute approximate surface area is 121 Å². The average Bonchev–Trinajstić information content (AvgIpc) is 2.45. The molecule has 2 N–H and O–H groups in total. The molecule has 0 aliphatic rings. The number of anilines is 1. The third-order valence-corrected chi connectivity index (χ3v) is 3.72. The smallest absolute Gasteiger partial charge is 0.118 e. The third kappa shape index (κ3) is 3.53. The highest BCUT2D eigenvalue weighted by atomic mass is 16.3. The molecule has 0 aliphatic carbocycles. The van der Waals surface area contributed by atoms with Crippen molar-refractivity contribution in [2.45, 2.75) is 39.7 Å². The lowest BCUT2D eigenvalue weighted by Crippen LogP contribution is -2.21. The highest BCUT2D eigenvalue weighted by molar-refractivity contribution is 5.57. The van der Waals surface area contributed by atoms with Crippen molar-refractivity contribution in [3.8, 4) is 5.75 Å². The Bertz CT molecular complexity index is 563. The predicted octanol–water partition coefficient (Wildman–Crippen LogP) is 4.44. The predicted molar refractivity (Wildman–Crippen MR) is 85.4 cm³/mol. The van der Waals surface area contributed by atoms with Crippen molar-refractivity contribution in [3.05, 3.63) is 59.2 Å². The van der Waals surface area contributed by atoms with Gasteiger partial charge >= 0.3 is 0 Å². The first-order valence-electron chi connectivity index (χ1n) is 7.20. The Morgan fingerprint density at radius 2 is 1.75 bits per heavy atom. The number of phenolic OH excluding ortho intramolecular Hbond substituents is 1. The Balaban J connectivity index is 2.12. The molecular weight excluding hydrogens is 246 g/mol. The second-order valence-corrected chi connectivity index (χ2v) is 5.39. The van der Waals surface area contributed by atoms with Gasteiger partial charge in [-0.3, -0.25) is 0 Å². The maximum atomic E-state index is 9.72. The molecule has 0 heterocycles. The summed E-state index contributed by atoms with van der Waals surface area (Å²) in [5.74, 6) is 0.365. The van der Waals surface area contributed by atoms with Gasteiger partial charge in [0, 0.05) is 11.7 Å². The van der Waals surface area contributed by atoms with E-state index in [1.165, 1.54) is 5.56 Å². The molecule has 0 radical (unpaired) electrons. The van der Waals surface area contributed by atoms with Crippen molar-refractivity contribution in [1.29, 1.82) is 0 Å². The maximum absolute atomic E-state index is 9.72. The molecule has 2 aromatic rings. The van der Waals surface area contributed by atoms with E-state index in [1.54, 1.807) is 0 Å². The van der Waals surface area contributed by atoms with E-state index in [2.05, 4.69) is 36.5 Å². The number of nitrogens with one attached hydrogen (secondary N) is 1. The van der Waals surface area contributed by atoms with Crippen LogP contribution in [-0.4, -0.2) is 11.1 Å². The van der Waals surface area contributed by atoms with Gasteiger partial charge in [-0.2, -0.15) is 0 Å². The van der Waals surface area contributed by atoms with Gasteiger partial charge in [-0.15, -0.1) is 0 Å². The van der Waals surface area contributed by atoms with Crippen LogP contribution in [0.15, 0.2) is 42.5 Å². The number of aromatic hydroxyl groups is 1. The molecule has 0 saturated heterocycles. The lowest BCUT2D eigenvalue weighted by atomic mass is 10.0. The number of hydrogen-bond acceptors (Lipinski definition) is 2. The van der Waals surface area contributed by atoms with Crippen molar-refractivity contribution < 1.29 is 5.11 Å². The van der Waals surface area contributed by atoms with E-state index < -0.39 is 0 Å². The molecule has 1 atom stereocenters. The number of phenols is 1. The van der Waals surface area contributed by atoms with Crippen LogP contribution in [0.3, 0.4) is 0 Å². The normalized spacial score (nSPS) is 12.2. The molecule has 2 heteroatoms. The van der Waals surface area contributed by atoms with Crippen molar-refractivity contribution in [2.75, 3.05) is 5.32 Å². The zero-order valence-electron chi connectivity index (χ0n) is 12.5. The number of benzene rings is 2. The summed E-state index contributed by atoms with van der Waals surface area (Å²) in [6, 6.07) is 14.8. The highest BCUT2D eigenvalue weighted by Crippen LogP contribution is 2.26. The van der Waals surface area contributed by atoms with Crippen LogP contribution in [0.2, 0.25) is 0 Å². The molecule has 20 heavy (non-hydrogen) atoms. The van der Waals surface area contributed by atoms with E-state index in [4.69, 9.17) is 0 Å². The molecule has 0 amide bonds. The van der Waals surface area contributed by atoms with E-state index in [0.29, 0.717) is 11.8 Å². The van der Waals surface area contributed by atoms with Gasteiger partial charge in [-0.1, -0.05) is 37.3 Å². The Hall–Kier alpha value is -1.96. The van der Waals surface area contributed by atoms with Gasteiger partial charge in [0.05, 0.1) is 0 Å². The quantitative estimate of drug-likeness (QED) is 0.786. The number of hydrogen-bond donors (Lipinski definition) is 2. The van der Waals surface area contributed by atoms with Crippen molar-refractivity contribution in [3.63, 3.8) is 0 Å². The van der Waals surface area contributed by atoms with Crippen LogP contribution >= 0.6 is 0 Å². The van der Waals surface area contributed by atoms with Crippen molar-refractivity contribution >= 4 is 5.69 Å².